The zero-order valence-electron chi connectivity index (χ0n) is 11.1. The van der Waals surface area contributed by atoms with Gasteiger partial charge < -0.3 is 20.7 Å². The standard InChI is InChI=1S/C12H23N3O3/c1-9(18-2)3-4-12(17)15(8-11(13)16)10-5-6-14-7-10/h9-10,14H,3-8H2,1-2H3,(H2,13,16). The van der Waals surface area contributed by atoms with Crippen molar-refractivity contribution in [1.82, 2.24) is 10.2 Å². The van der Waals surface area contributed by atoms with Crippen LogP contribution in [0.4, 0.5) is 0 Å². The van der Waals surface area contributed by atoms with Crippen molar-refractivity contribution >= 4 is 11.8 Å². The number of nitrogens with zero attached hydrogens (tertiary/aromatic N) is 1. The fraction of sp³-hybridized carbons (Fsp3) is 0.833. The maximum absolute atomic E-state index is 12.1. The molecule has 3 N–H and O–H groups in total. The number of carbonyl (C=O) groups excluding carboxylic acids is 2. The molecule has 0 aromatic rings. The summed E-state index contributed by atoms with van der Waals surface area (Å²) < 4.78 is 5.11. The number of rotatable bonds is 7. The number of nitrogens with one attached hydrogen (secondary N) is 1. The molecular weight excluding hydrogens is 234 g/mol. The molecule has 2 amide bonds. The molecular formula is C12H23N3O3. The van der Waals surface area contributed by atoms with Crippen molar-refractivity contribution in [3.8, 4) is 0 Å². The SMILES string of the molecule is COC(C)CCC(=O)N(CC(N)=O)C1CCNC1. The van der Waals surface area contributed by atoms with E-state index in [0.29, 0.717) is 12.8 Å². The molecule has 6 heteroatoms. The Labute approximate surface area is 108 Å². The number of hydrogen-bond acceptors (Lipinski definition) is 4. The second-order valence-electron chi connectivity index (χ2n) is 4.72. The van der Waals surface area contributed by atoms with Gasteiger partial charge in [-0.2, -0.15) is 0 Å². The van der Waals surface area contributed by atoms with Gasteiger partial charge in [-0.3, -0.25) is 9.59 Å². The number of primary amides is 1. The molecule has 1 rings (SSSR count). The van der Waals surface area contributed by atoms with Crippen LogP contribution in [0.2, 0.25) is 0 Å². The number of amides is 2. The zero-order valence-corrected chi connectivity index (χ0v) is 11.1. The Kier molecular flexibility index (Phi) is 6.07. The molecule has 1 aliphatic rings. The van der Waals surface area contributed by atoms with Crippen molar-refractivity contribution in [3.63, 3.8) is 0 Å². The summed E-state index contributed by atoms with van der Waals surface area (Å²) in [5, 5.41) is 3.19. The highest BCUT2D eigenvalue weighted by Gasteiger charge is 2.27. The van der Waals surface area contributed by atoms with Crippen molar-refractivity contribution in [2.24, 2.45) is 5.73 Å². The van der Waals surface area contributed by atoms with Crippen LogP contribution in [0.3, 0.4) is 0 Å². The van der Waals surface area contributed by atoms with E-state index >= 15 is 0 Å². The Bertz CT molecular complexity index is 290. The predicted octanol–water partition coefficient (Wildman–Crippen LogP) is -0.523. The minimum atomic E-state index is -0.463. The Balaban J connectivity index is 2.52. The van der Waals surface area contributed by atoms with Crippen molar-refractivity contribution in [2.75, 3.05) is 26.7 Å². The van der Waals surface area contributed by atoms with Gasteiger partial charge in [0.15, 0.2) is 0 Å². The van der Waals surface area contributed by atoms with Crippen LogP contribution in [0.25, 0.3) is 0 Å². The Morgan fingerprint density at radius 1 is 1.56 bits per heavy atom. The van der Waals surface area contributed by atoms with E-state index in [2.05, 4.69) is 5.32 Å². The molecule has 104 valence electrons. The van der Waals surface area contributed by atoms with E-state index in [9.17, 15) is 9.59 Å². The molecule has 0 aromatic carbocycles. The minimum absolute atomic E-state index is 0.00649. The second-order valence-corrected chi connectivity index (χ2v) is 4.72. The van der Waals surface area contributed by atoms with Gasteiger partial charge in [-0.25, -0.2) is 0 Å². The van der Waals surface area contributed by atoms with E-state index in [4.69, 9.17) is 10.5 Å². The van der Waals surface area contributed by atoms with Gasteiger partial charge in [0.2, 0.25) is 11.8 Å². The van der Waals surface area contributed by atoms with Gasteiger partial charge in [0.25, 0.3) is 0 Å². The minimum Gasteiger partial charge on any atom is -0.382 e. The van der Waals surface area contributed by atoms with E-state index in [1.807, 2.05) is 6.92 Å². The first-order chi connectivity index (χ1) is 8.54. The average Bonchev–Trinajstić information content (AvgIpc) is 2.85. The zero-order chi connectivity index (χ0) is 13.5. The monoisotopic (exact) mass is 257 g/mol. The molecule has 2 atom stereocenters. The maximum Gasteiger partial charge on any atom is 0.237 e. The summed E-state index contributed by atoms with van der Waals surface area (Å²) in [5.74, 6) is -0.485. The van der Waals surface area contributed by atoms with Gasteiger partial charge in [-0.1, -0.05) is 0 Å². The highest BCUT2D eigenvalue weighted by molar-refractivity contribution is 5.84. The second kappa shape index (κ2) is 7.33. The van der Waals surface area contributed by atoms with Crippen LogP contribution in [0, 0.1) is 0 Å². The molecule has 1 heterocycles. The number of ether oxygens (including phenoxy) is 1. The van der Waals surface area contributed by atoms with Crippen LogP contribution in [-0.4, -0.2) is 55.6 Å². The fourth-order valence-electron chi connectivity index (χ4n) is 2.08. The summed E-state index contributed by atoms with van der Waals surface area (Å²) in [6.45, 7) is 3.54. The molecule has 2 unspecified atom stereocenters. The number of nitrogens with two attached hydrogens (primary N) is 1. The van der Waals surface area contributed by atoms with Crippen LogP contribution in [0.1, 0.15) is 26.2 Å². The molecule has 1 fully saturated rings. The lowest BCUT2D eigenvalue weighted by molar-refractivity contribution is -0.137. The van der Waals surface area contributed by atoms with E-state index in [0.717, 1.165) is 19.5 Å². The quantitative estimate of drug-likeness (QED) is 0.642. The maximum atomic E-state index is 12.1. The van der Waals surface area contributed by atoms with Crippen LogP contribution in [0.5, 0.6) is 0 Å². The lowest BCUT2D eigenvalue weighted by atomic mass is 10.1. The third-order valence-electron chi connectivity index (χ3n) is 3.29. The summed E-state index contributed by atoms with van der Waals surface area (Å²) in [4.78, 5) is 24.8. The van der Waals surface area contributed by atoms with Gasteiger partial charge in [0.05, 0.1) is 12.6 Å². The number of carbonyl (C=O) groups is 2. The highest BCUT2D eigenvalue weighted by atomic mass is 16.5. The summed E-state index contributed by atoms with van der Waals surface area (Å²) in [6.07, 6.45) is 1.97. The van der Waals surface area contributed by atoms with Crippen LogP contribution in [-0.2, 0) is 14.3 Å². The highest BCUT2D eigenvalue weighted by Crippen LogP contribution is 2.12. The van der Waals surface area contributed by atoms with E-state index in [1.165, 1.54) is 0 Å². The number of methoxy groups -OCH3 is 1. The van der Waals surface area contributed by atoms with Crippen LogP contribution < -0.4 is 11.1 Å². The average molecular weight is 257 g/mol. The summed E-state index contributed by atoms with van der Waals surface area (Å²) in [5.41, 5.74) is 5.20. The van der Waals surface area contributed by atoms with Crippen LogP contribution in [0.15, 0.2) is 0 Å². The molecule has 0 spiro atoms. The Morgan fingerprint density at radius 3 is 2.78 bits per heavy atom. The molecule has 0 saturated carbocycles. The normalized spacial score (nSPS) is 20.7. The lowest BCUT2D eigenvalue weighted by Crippen LogP contribution is -2.46. The third kappa shape index (κ3) is 4.62. The van der Waals surface area contributed by atoms with Gasteiger partial charge in [-0.15, -0.1) is 0 Å². The summed E-state index contributed by atoms with van der Waals surface area (Å²) in [6, 6.07) is 0.0860. The third-order valence-corrected chi connectivity index (χ3v) is 3.29. The molecule has 18 heavy (non-hydrogen) atoms. The van der Waals surface area contributed by atoms with Gasteiger partial charge in [0.1, 0.15) is 0 Å². The molecule has 1 saturated heterocycles. The van der Waals surface area contributed by atoms with Crippen molar-refractivity contribution in [1.29, 1.82) is 0 Å². The summed E-state index contributed by atoms with van der Waals surface area (Å²) in [7, 11) is 1.62. The predicted molar refractivity (Wildman–Crippen MR) is 67.9 cm³/mol. The first-order valence-corrected chi connectivity index (χ1v) is 6.36. The van der Waals surface area contributed by atoms with Crippen molar-refractivity contribution in [2.45, 2.75) is 38.3 Å². The topological polar surface area (TPSA) is 84.7 Å². The first-order valence-electron chi connectivity index (χ1n) is 6.36. The van der Waals surface area contributed by atoms with Gasteiger partial charge in [0, 0.05) is 26.1 Å². The number of hydrogen-bond donors (Lipinski definition) is 2. The van der Waals surface area contributed by atoms with Gasteiger partial charge in [-0.05, 0) is 26.3 Å². The smallest absolute Gasteiger partial charge is 0.237 e. The van der Waals surface area contributed by atoms with E-state index < -0.39 is 5.91 Å². The largest absolute Gasteiger partial charge is 0.382 e. The molecule has 6 nitrogen and oxygen atoms in total. The van der Waals surface area contributed by atoms with Crippen molar-refractivity contribution < 1.29 is 14.3 Å². The van der Waals surface area contributed by atoms with E-state index in [-0.39, 0.29) is 24.6 Å². The van der Waals surface area contributed by atoms with Crippen molar-refractivity contribution in [3.05, 3.63) is 0 Å². The molecule has 0 aromatic heterocycles. The van der Waals surface area contributed by atoms with E-state index in [1.54, 1.807) is 12.0 Å². The Morgan fingerprint density at radius 2 is 2.28 bits per heavy atom. The molecule has 0 aliphatic carbocycles. The van der Waals surface area contributed by atoms with Gasteiger partial charge >= 0.3 is 0 Å². The lowest BCUT2D eigenvalue weighted by Gasteiger charge is -2.27. The first kappa shape index (κ1) is 14.9. The van der Waals surface area contributed by atoms with Crippen LogP contribution >= 0.6 is 0 Å². The summed E-state index contributed by atoms with van der Waals surface area (Å²) >= 11 is 0. The molecule has 0 radical (unpaired) electrons. The molecule has 1 aliphatic heterocycles. The fourth-order valence-corrected chi connectivity index (χ4v) is 2.08. The molecule has 0 bridgehead atoms. The Hall–Kier alpha value is -1.14.